The molecular weight excluding hydrogens is 498 g/mol. The number of carbonyl (C=O) groups excluding carboxylic acids is 1. The molecule has 11 heteroatoms. The van der Waals surface area contributed by atoms with E-state index in [0.717, 1.165) is 22.4 Å². The summed E-state index contributed by atoms with van der Waals surface area (Å²) in [6, 6.07) is 8.69. The SMILES string of the molecule is Cc1cccc(-c2nc(C)c(C)c(N3CCN(C(=O)c4cc(C(F)(F)F)cc(C(F)(F)F)c4)CC3)n2)c1. The maximum atomic E-state index is 13.2. The molecule has 5 nitrogen and oxygen atoms in total. The van der Waals surface area contributed by atoms with Crippen LogP contribution in [0.4, 0.5) is 32.2 Å². The Morgan fingerprint density at radius 1 is 0.811 bits per heavy atom. The molecule has 0 atom stereocenters. The Morgan fingerprint density at radius 2 is 1.41 bits per heavy atom. The Morgan fingerprint density at radius 3 is 1.95 bits per heavy atom. The van der Waals surface area contributed by atoms with Gasteiger partial charge in [-0.05, 0) is 45.0 Å². The van der Waals surface area contributed by atoms with Gasteiger partial charge in [0.1, 0.15) is 5.82 Å². The quantitative estimate of drug-likeness (QED) is 0.392. The van der Waals surface area contributed by atoms with E-state index in [1.807, 2.05) is 49.9 Å². The summed E-state index contributed by atoms with van der Waals surface area (Å²) in [5, 5.41) is 0. The first kappa shape index (κ1) is 26.4. The van der Waals surface area contributed by atoms with Crippen LogP contribution >= 0.6 is 0 Å². The summed E-state index contributed by atoms with van der Waals surface area (Å²) in [4.78, 5) is 25.5. The molecule has 0 N–H and O–H groups in total. The highest BCUT2D eigenvalue weighted by Gasteiger charge is 2.38. The lowest BCUT2D eigenvalue weighted by molar-refractivity contribution is -0.143. The molecule has 37 heavy (non-hydrogen) atoms. The molecule has 3 aromatic rings. The molecule has 0 unspecified atom stereocenters. The van der Waals surface area contributed by atoms with Crippen molar-refractivity contribution in [1.82, 2.24) is 14.9 Å². The predicted molar refractivity (Wildman–Crippen MR) is 126 cm³/mol. The fourth-order valence-electron chi connectivity index (χ4n) is 4.22. The Kier molecular flexibility index (Phi) is 6.91. The Balaban J connectivity index is 1.56. The van der Waals surface area contributed by atoms with Gasteiger partial charge in [-0.1, -0.05) is 23.8 Å². The highest BCUT2D eigenvalue weighted by atomic mass is 19.4. The number of alkyl halides is 6. The number of benzene rings is 2. The van der Waals surface area contributed by atoms with Crippen LogP contribution in [-0.2, 0) is 12.4 Å². The minimum Gasteiger partial charge on any atom is -0.353 e. The zero-order valence-electron chi connectivity index (χ0n) is 20.3. The van der Waals surface area contributed by atoms with E-state index in [1.54, 1.807) is 0 Å². The second-order valence-electron chi connectivity index (χ2n) is 9.02. The normalized spacial score (nSPS) is 14.7. The number of hydrogen-bond acceptors (Lipinski definition) is 4. The Labute approximate surface area is 209 Å². The first-order chi connectivity index (χ1) is 17.2. The zero-order chi connectivity index (χ0) is 27.1. The van der Waals surface area contributed by atoms with Gasteiger partial charge in [-0.2, -0.15) is 26.3 Å². The van der Waals surface area contributed by atoms with Crippen molar-refractivity contribution in [1.29, 1.82) is 0 Å². The molecule has 0 aliphatic carbocycles. The number of anilines is 1. The minimum absolute atomic E-state index is 0.0146. The number of piperazine rings is 1. The third kappa shape index (κ3) is 5.70. The molecule has 1 aliphatic rings. The van der Waals surface area contributed by atoms with Crippen LogP contribution in [-0.4, -0.2) is 47.0 Å². The number of amides is 1. The van der Waals surface area contributed by atoms with Gasteiger partial charge < -0.3 is 9.80 Å². The third-order valence-electron chi connectivity index (χ3n) is 6.34. The van der Waals surface area contributed by atoms with E-state index < -0.39 is 35.0 Å². The van der Waals surface area contributed by atoms with E-state index in [-0.39, 0.29) is 19.2 Å². The standard InChI is InChI=1S/C26H24F6N4O/c1-15-5-4-6-18(11-15)22-33-17(3)16(2)23(34-22)35-7-9-36(10-8-35)24(37)19-12-20(25(27,28)29)14-21(13-19)26(30,31)32/h4-6,11-14H,7-10H2,1-3H3. The first-order valence-electron chi connectivity index (χ1n) is 11.5. The fourth-order valence-corrected chi connectivity index (χ4v) is 4.22. The molecule has 4 rings (SSSR count). The van der Waals surface area contributed by atoms with Crippen LogP contribution in [0.15, 0.2) is 42.5 Å². The van der Waals surface area contributed by atoms with Gasteiger partial charge >= 0.3 is 12.4 Å². The van der Waals surface area contributed by atoms with Crippen LogP contribution in [0.3, 0.4) is 0 Å². The fraction of sp³-hybridized carbons (Fsp3) is 0.346. The van der Waals surface area contributed by atoms with Crippen molar-refractivity contribution < 1.29 is 31.1 Å². The average molecular weight is 522 g/mol. The molecule has 0 saturated carbocycles. The molecule has 1 aliphatic heterocycles. The topological polar surface area (TPSA) is 49.3 Å². The Hall–Kier alpha value is -3.63. The van der Waals surface area contributed by atoms with Crippen molar-refractivity contribution in [2.75, 3.05) is 31.1 Å². The lowest BCUT2D eigenvalue weighted by Gasteiger charge is -2.36. The van der Waals surface area contributed by atoms with E-state index in [0.29, 0.717) is 36.9 Å². The largest absolute Gasteiger partial charge is 0.416 e. The maximum Gasteiger partial charge on any atom is 0.416 e. The smallest absolute Gasteiger partial charge is 0.353 e. The molecule has 2 heterocycles. The van der Waals surface area contributed by atoms with Crippen molar-refractivity contribution in [2.45, 2.75) is 33.1 Å². The van der Waals surface area contributed by atoms with E-state index in [1.165, 1.54) is 4.90 Å². The number of hydrogen-bond donors (Lipinski definition) is 0. The third-order valence-corrected chi connectivity index (χ3v) is 6.34. The summed E-state index contributed by atoms with van der Waals surface area (Å²) >= 11 is 0. The summed E-state index contributed by atoms with van der Waals surface area (Å²) in [6.45, 7) is 6.54. The van der Waals surface area contributed by atoms with Crippen LogP contribution < -0.4 is 4.90 Å². The molecule has 0 radical (unpaired) electrons. The molecule has 0 bridgehead atoms. The molecule has 2 aromatic carbocycles. The maximum absolute atomic E-state index is 13.2. The summed E-state index contributed by atoms with van der Waals surface area (Å²) in [7, 11) is 0. The number of aryl methyl sites for hydroxylation is 2. The second kappa shape index (κ2) is 9.68. The van der Waals surface area contributed by atoms with Gasteiger partial charge in [0, 0.05) is 48.6 Å². The molecule has 1 fully saturated rings. The number of carbonyl (C=O) groups is 1. The average Bonchev–Trinajstić information content (AvgIpc) is 2.84. The van der Waals surface area contributed by atoms with Gasteiger partial charge in [-0.3, -0.25) is 4.79 Å². The van der Waals surface area contributed by atoms with Crippen LogP contribution in [0.5, 0.6) is 0 Å². The zero-order valence-corrected chi connectivity index (χ0v) is 20.3. The molecule has 196 valence electrons. The van der Waals surface area contributed by atoms with Gasteiger partial charge in [-0.15, -0.1) is 0 Å². The van der Waals surface area contributed by atoms with E-state index in [9.17, 15) is 31.1 Å². The summed E-state index contributed by atoms with van der Waals surface area (Å²) in [5.74, 6) is 0.339. The first-order valence-corrected chi connectivity index (χ1v) is 11.5. The van der Waals surface area contributed by atoms with Crippen molar-refractivity contribution >= 4 is 11.7 Å². The molecule has 0 spiro atoms. The monoisotopic (exact) mass is 522 g/mol. The summed E-state index contributed by atoms with van der Waals surface area (Å²) < 4.78 is 79.3. The Bertz CT molecular complexity index is 1300. The highest BCUT2D eigenvalue weighted by Crippen LogP contribution is 2.36. The number of rotatable bonds is 3. The van der Waals surface area contributed by atoms with Gasteiger partial charge in [0.15, 0.2) is 5.82 Å². The lowest BCUT2D eigenvalue weighted by atomic mass is 10.0. The molecule has 1 amide bonds. The second-order valence-corrected chi connectivity index (χ2v) is 9.02. The predicted octanol–water partition coefficient (Wildman–Crippen LogP) is 6.07. The molecular formula is C26H24F6N4O. The van der Waals surface area contributed by atoms with Crippen molar-refractivity contribution in [3.05, 3.63) is 76.0 Å². The van der Waals surface area contributed by atoms with Gasteiger partial charge in [-0.25, -0.2) is 9.97 Å². The van der Waals surface area contributed by atoms with E-state index >= 15 is 0 Å². The van der Waals surface area contributed by atoms with Crippen LogP contribution in [0.2, 0.25) is 0 Å². The van der Waals surface area contributed by atoms with E-state index in [2.05, 4.69) is 4.98 Å². The van der Waals surface area contributed by atoms with Crippen LogP contribution in [0.1, 0.15) is 38.3 Å². The van der Waals surface area contributed by atoms with Gasteiger partial charge in [0.25, 0.3) is 5.91 Å². The lowest BCUT2D eigenvalue weighted by Crippen LogP contribution is -2.49. The minimum atomic E-state index is -5.02. The number of halogens is 6. The van der Waals surface area contributed by atoms with Crippen molar-refractivity contribution in [3.8, 4) is 11.4 Å². The highest BCUT2D eigenvalue weighted by molar-refractivity contribution is 5.95. The molecule has 1 saturated heterocycles. The van der Waals surface area contributed by atoms with Crippen molar-refractivity contribution in [3.63, 3.8) is 0 Å². The van der Waals surface area contributed by atoms with Crippen molar-refractivity contribution in [2.24, 2.45) is 0 Å². The van der Waals surface area contributed by atoms with Gasteiger partial charge in [0.2, 0.25) is 0 Å². The molecule has 1 aromatic heterocycles. The van der Waals surface area contributed by atoms with Crippen LogP contribution in [0.25, 0.3) is 11.4 Å². The van der Waals surface area contributed by atoms with Crippen LogP contribution in [0, 0.1) is 20.8 Å². The van der Waals surface area contributed by atoms with E-state index in [4.69, 9.17) is 4.98 Å². The number of nitrogens with zero attached hydrogens (tertiary/aromatic N) is 4. The summed E-state index contributed by atoms with van der Waals surface area (Å²) in [6.07, 6.45) is -10.0. The van der Waals surface area contributed by atoms with Gasteiger partial charge in [0.05, 0.1) is 11.1 Å². The summed E-state index contributed by atoms with van der Waals surface area (Å²) in [5.41, 5.74) is -0.140. The number of aromatic nitrogens is 2.